The van der Waals surface area contributed by atoms with Crippen LogP contribution in [0.3, 0.4) is 0 Å². The van der Waals surface area contributed by atoms with Crippen LogP contribution >= 0.6 is 0 Å². The second-order valence-electron chi connectivity index (χ2n) is 9.54. The third kappa shape index (κ3) is 7.73. The monoisotopic (exact) mass is 537 g/mol. The first-order valence-corrected chi connectivity index (χ1v) is 13.1. The molecule has 1 amide bonds. The highest BCUT2D eigenvalue weighted by Gasteiger charge is 2.41. The van der Waals surface area contributed by atoms with Gasteiger partial charge in [0, 0.05) is 24.1 Å². The second kappa shape index (κ2) is 14.8. The third-order valence-electron chi connectivity index (χ3n) is 6.08. The van der Waals surface area contributed by atoms with Gasteiger partial charge in [-0.15, -0.1) is 6.42 Å². The van der Waals surface area contributed by atoms with E-state index in [9.17, 15) is 14.4 Å². The number of amides is 1. The van der Waals surface area contributed by atoms with Gasteiger partial charge >= 0.3 is 6.16 Å². The van der Waals surface area contributed by atoms with E-state index in [2.05, 4.69) is 30.6 Å². The minimum atomic E-state index is -0.953. The molecule has 1 aromatic heterocycles. The van der Waals surface area contributed by atoms with Gasteiger partial charge in [0.15, 0.2) is 5.69 Å². The second-order valence-corrected chi connectivity index (χ2v) is 9.54. The first kappa shape index (κ1) is 31.2. The van der Waals surface area contributed by atoms with Crippen LogP contribution in [0.4, 0.5) is 4.79 Å². The van der Waals surface area contributed by atoms with Gasteiger partial charge in [-0.3, -0.25) is 14.3 Å². The Kier molecular flexibility index (Phi) is 11.8. The largest absolute Gasteiger partial charge is 0.511 e. The van der Waals surface area contributed by atoms with E-state index < -0.39 is 42.3 Å². The lowest BCUT2D eigenvalue weighted by molar-refractivity contribution is -0.00944. The SMILES string of the molecule is C#C/C(=C\C=C/C)C(/C(C=C)=C/CCC)C1CN(C(C)C)C(=O)c2c(OCOC(=O)OC(C)C)c(=O)cnn21. The van der Waals surface area contributed by atoms with Crippen molar-refractivity contribution in [2.45, 2.75) is 72.6 Å². The van der Waals surface area contributed by atoms with Crippen LogP contribution in [-0.4, -0.2) is 52.2 Å². The van der Waals surface area contributed by atoms with Crippen LogP contribution < -0.4 is 10.2 Å². The summed E-state index contributed by atoms with van der Waals surface area (Å²) >= 11 is 0. The highest BCUT2D eigenvalue weighted by molar-refractivity contribution is 5.96. The Hall–Kier alpha value is -4.06. The predicted molar refractivity (Wildman–Crippen MR) is 150 cm³/mol. The normalized spacial score (nSPS) is 16.7. The lowest BCUT2D eigenvalue weighted by Gasteiger charge is -2.41. The molecular weight excluding hydrogens is 498 g/mol. The Morgan fingerprint density at radius 1 is 1.31 bits per heavy atom. The number of allylic oxidation sites excluding steroid dienone is 7. The summed E-state index contributed by atoms with van der Waals surface area (Å²) in [5, 5.41) is 4.37. The molecule has 0 spiro atoms. The van der Waals surface area contributed by atoms with Crippen molar-refractivity contribution in [3.05, 3.63) is 70.2 Å². The van der Waals surface area contributed by atoms with E-state index in [4.69, 9.17) is 20.6 Å². The van der Waals surface area contributed by atoms with E-state index in [1.165, 1.54) is 4.68 Å². The predicted octanol–water partition coefficient (Wildman–Crippen LogP) is 5.21. The van der Waals surface area contributed by atoms with Gasteiger partial charge in [-0.1, -0.05) is 56.2 Å². The average molecular weight is 538 g/mol. The molecular formula is C30H39N3O6. The minimum Gasteiger partial charge on any atom is -0.451 e. The summed E-state index contributed by atoms with van der Waals surface area (Å²) in [6.07, 6.45) is 16.9. The minimum absolute atomic E-state index is 0.0421. The molecule has 0 N–H and O–H groups in total. The van der Waals surface area contributed by atoms with E-state index in [0.717, 1.165) is 24.6 Å². The highest BCUT2D eigenvalue weighted by Crippen LogP contribution is 2.38. The number of aromatic nitrogens is 2. The summed E-state index contributed by atoms with van der Waals surface area (Å²) in [6.45, 7) is 14.8. The van der Waals surface area contributed by atoms with Crippen molar-refractivity contribution in [2.24, 2.45) is 5.92 Å². The quantitative estimate of drug-likeness (QED) is 0.156. The molecule has 0 aliphatic carbocycles. The maximum atomic E-state index is 13.7. The van der Waals surface area contributed by atoms with Gasteiger partial charge in [-0.05, 0) is 46.6 Å². The molecule has 2 rings (SSSR count). The number of unbranched alkanes of at least 4 members (excludes halogenated alkanes) is 1. The maximum absolute atomic E-state index is 13.7. The number of carbonyl (C=O) groups excluding carboxylic acids is 2. The van der Waals surface area contributed by atoms with Crippen molar-refractivity contribution in [2.75, 3.05) is 13.3 Å². The van der Waals surface area contributed by atoms with Crippen molar-refractivity contribution in [1.82, 2.24) is 14.7 Å². The number of fused-ring (bicyclic) bond motifs is 1. The Bertz CT molecular complexity index is 1230. The molecule has 9 nitrogen and oxygen atoms in total. The summed E-state index contributed by atoms with van der Waals surface area (Å²) in [6, 6.07) is -0.682. The summed E-state index contributed by atoms with van der Waals surface area (Å²) in [5.41, 5.74) is 0.900. The molecule has 1 aliphatic rings. The molecule has 0 saturated carbocycles. The fraction of sp³-hybridized carbons (Fsp3) is 0.467. The van der Waals surface area contributed by atoms with E-state index in [0.29, 0.717) is 5.57 Å². The van der Waals surface area contributed by atoms with Gasteiger partial charge in [-0.25, -0.2) is 4.79 Å². The van der Waals surface area contributed by atoms with Gasteiger partial charge in [0.05, 0.1) is 18.3 Å². The highest BCUT2D eigenvalue weighted by atomic mass is 16.8. The Morgan fingerprint density at radius 2 is 2.03 bits per heavy atom. The molecule has 2 atom stereocenters. The van der Waals surface area contributed by atoms with E-state index in [-0.39, 0.29) is 24.0 Å². The lowest BCUT2D eigenvalue weighted by Crippen LogP contribution is -2.50. The van der Waals surface area contributed by atoms with Crippen molar-refractivity contribution in [1.29, 1.82) is 0 Å². The van der Waals surface area contributed by atoms with Crippen LogP contribution in [0.25, 0.3) is 0 Å². The van der Waals surface area contributed by atoms with Crippen LogP contribution in [0.5, 0.6) is 5.75 Å². The van der Waals surface area contributed by atoms with Gasteiger partial charge in [0.1, 0.15) is 0 Å². The van der Waals surface area contributed by atoms with Gasteiger partial charge < -0.3 is 19.1 Å². The molecule has 0 aromatic carbocycles. The van der Waals surface area contributed by atoms with Gasteiger partial charge in [0.2, 0.25) is 18.0 Å². The molecule has 1 aliphatic heterocycles. The fourth-order valence-electron chi connectivity index (χ4n) is 4.29. The Balaban J connectivity index is 2.73. The summed E-state index contributed by atoms with van der Waals surface area (Å²) in [5.74, 6) is 1.72. The molecule has 2 heterocycles. The van der Waals surface area contributed by atoms with Crippen LogP contribution in [-0.2, 0) is 9.47 Å². The zero-order valence-electron chi connectivity index (χ0n) is 23.7. The molecule has 39 heavy (non-hydrogen) atoms. The zero-order chi connectivity index (χ0) is 29.1. The summed E-state index contributed by atoms with van der Waals surface area (Å²) < 4.78 is 16.9. The van der Waals surface area contributed by atoms with Crippen molar-refractivity contribution < 1.29 is 23.8 Å². The van der Waals surface area contributed by atoms with Crippen LogP contribution in [0, 0.1) is 18.3 Å². The zero-order valence-corrected chi connectivity index (χ0v) is 23.7. The third-order valence-corrected chi connectivity index (χ3v) is 6.08. The van der Waals surface area contributed by atoms with Crippen LogP contribution in [0.1, 0.15) is 70.9 Å². The molecule has 2 unspecified atom stereocenters. The van der Waals surface area contributed by atoms with E-state index >= 15 is 0 Å². The van der Waals surface area contributed by atoms with Crippen molar-refractivity contribution in [3.8, 4) is 18.1 Å². The lowest BCUT2D eigenvalue weighted by atomic mass is 9.82. The number of carbonyl (C=O) groups is 2. The topological polar surface area (TPSA) is 100.0 Å². The number of nitrogens with zero attached hydrogens (tertiary/aromatic N) is 3. The van der Waals surface area contributed by atoms with Gasteiger partial charge in [0.25, 0.3) is 5.91 Å². The standard InChI is InChI=1S/C30H39N3O6/c1-9-13-15-22(11-3)26(23(12-4)16-14-10-2)24-18-32(20(5)6)29(35)27-28(25(34)17-31-33(24)27)37-19-38-30(36)39-21(7)8/h3,9,12-13,15-17,20-21,24,26H,4,10,14,18-19H2,1-2,5-8H3/b13-9-,22-15+,23-16+. The maximum Gasteiger partial charge on any atom is 0.511 e. The molecule has 210 valence electrons. The number of hydrogen-bond donors (Lipinski definition) is 0. The van der Waals surface area contributed by atoms with E-state index in [1.807, 2.05) is 39.0 Å². The van der Waals surface area contributed by atoms with Crippen molar-refractivity contribution in [3.63, 3.8) is 0 Å². The van der Waals surface area contributed by atoms with E-state index in [1.54, 1.807) is 24.8 Å². The first-order chi connectivity index (χ1) is 18.6. The molecule has 0 radical (unpaired) electrons. The number of ether oxygens (including phenoxy) is 3. The Morgan fingerprint density at radius 3 is 2.59 bits per heavy atom. The Labute approximate surface area is 230 Å². The smallest absolute Gasteiger partial charge is 0.451 e. The van der Waals surface area contributed by atoms with Gasteiger partial charge in [-0.2, -0.15) is 5.10 Å². The average Bonchev–Trinajstić information content (AvgIpc) is 2.89. The number of rotatable bonds is 12. The summed E-state index contributed by atoms with van der Waals surface area (Å²) in [7, 11) is 0. The molecule has 1 aromatic rings. The number of hydrogen-bond acceptors (Lipinski definition) is 7. The molecule has 0 bridgehead atoms. The van der Waals surface area contributed by atoms with Crippen LogP contribution in [0.15, 0.2) is 59.1 Å². The van der Waals surface area contributed by atoms with Crippen molar-refractivity contribution >= 4 is 12.1 Å². The van der Waals surface area contributed by atoms with Crippen LogP contribution in [0.2, 0.25) is 0 Å². The number of terminal acetylenes is 1. The summed E-state index contributed by atoms with van der Waals surface area (Å²) in [4.78, 5) is 40.0. The first-order valence-electron chi connectivity index (χ1n) is 13.1. The fourth-order valence-corrected chi connectivity index (χ4v) is 4.29. The molecule has 0 saturated heterocycles. The molecule has 0 fully saturated rings. The molecule has 9 heteroatoms.